The Morgan fingerprint density at radius 1 is 1.30 bits per heavy atom. The van der Waals surface area contributed by atoms with E-state index in [0.717, 1.165) is 0 Å². The molecular weight excluding hydrogens is 132 g/mol. The zero-order valence-corrected chi connectivity index (χ0v) is 5.02. The van der Waals surface area contributed by atoms with Crippen molar-refractivity contribution in [2.45, 2.75) is 0 Å². The van der Waals surface area contributed by atoms with Gasteiger partial charge in [-0.3, -0.25) is 0 Å². The number of nitrogen functional groups attached to an aromatic ring is 2. The van der Waals surface area contributed by atoms with Crippen molar-refractivity contribution in [3.8, 4) is 0 Å². The highest BCUT2D eigenvalue weighted by atomic mass is 15.1. The summed E-state index contributed by atoms with van der Waals surface area (Å²) in [6, 6.07) is 1.37. The molecule has 4 N–H and O–H groups in total. The van der Waals surface area contributed by atoms with Gasteiger partial charge in [0.25, 0.3) is 0 Å². The largest absolute Gasteiger partial charge is 0.565 e. The van der Waals surface area contributed by atoms with E-state index in [-0.39, 0.29) is 17.6 Å². The molecule has 1 rings (SSSR count). The van der Waals surface area contributed by atoms with Gasteiger partial charge in [-0.1, -0.05) is 0 Å². The molecule has 1 heterocycles. The Balaban J connectivity index is 3.22. The highest BCUT2D eigenvalue weighted by Gasteiger charge is 2.10. The van der Waals surface area contributed by atoms with Crippen molar-refractivity contribution in [1.29, 1.82) is 5.39 Å². The first-order valence-electron chi connectivity index (χ1n) is 2.47. The lowest BCUT2D eigenvalue weighted by Gasteiger charge is -1.82. The molecule has 1 aromatic rings. The molecule has 0 amide bonds. The number of diazo groups is 1. The first-order chi connectivity index (χ1) is 4.72. The maximum Gasteiger partial charge on any atom is 0.565 e. The summed E-state index contributed by atoms with van der Waals surface area (Å²) in [6.45, 7) is 0. The average molecular weight is 137 g/mol. The van der Waals surface area contributed by atoms with Crippen LogP contribution in [-0.4, -0.2) is 9.97 Å². The summed E-state index contributed by atoms with van der Waals surface area (Å²) >= 11 is 0. The topological polar surface area (TPSA) is 106 Å². The van der Waals surface area contributed by atoms with Gasteiger partial charge in [0.05, 0.1) is 11.5 Å². The maximum absolute atomic E-state index is 8.18. The fraction of sp³-hybridized carbons (Fsp3) is 0. The molecule has 50 valence electrons. The van der Waals surface area contributed by atoms with Gasteiger partial charge < -0.3 is 11.5 Å². The van der Waals surface area contributed by atoms with Crippen molar-refractivity contribution in [1.82, 2.24) is 9.97 Å². The summed E-state index contributed by atoms with van der Waals surface area (Å²) in [4.78, 5) is 9.75. The van der Waals surface area contributed by atoms with Crippen molar-refractivity contribution < 1.29 is 0 Å². The van der Waals surface area contributed by atoms with Crippen LogP contribution in [0.3, 0.4) is 0 Å². The minimum atomic E-state index is -0.127. The number of anilines is 2. The Morgan fingerprint density at radius 2 is 1.80 bits per heavy atom. The predicted molar refractivity (Wildman–Crippen MR) is 35.6 cm³/mol. The van der Waals surface area contributed by atoms with Gasteiger partial charge >= 0.3 is 5.95 Å². The van der Waals surface area contributed by atoms with Gasteiger partial charge in [0.2, 0.25) is 11.6 Å². The monoisotopic (exact) mass is 137 g/mol. The van der Waals surface area contributed by atoms with Crippen LogP contribution in [-0.2, 0) is 0 Å². The van der Waals surface area contributed by atoms with Crippen LogP contribution in [0.4, 0.5) is 17.6 Å². The zero-order chi connectivity index (χ0) is 7.56. The van der Waals surface area contributed by atoms with Crippen LogP contribution in [0.15, 0.2) is 6.07 Å². The molecule has 6 nitrogen and oxygen atoms in total. The lowest BCUT2D eigenvalue weighted by molar-refractivity contribution is 1.20. The Morgan fingerprint density at radius 3 is 2.20 bits per heavy atom. The third-order valence-electron chi connectivity index (χ3n) is 0.843. The second-order valence-corrected chi connectivity index (χ2v) is 1.62. The fourth-order valence-corrected chi connectivity index (χ4v) is 0.517. The normalized spacial score (nSPS) is 8.70. The second-order valence-electron chi connectivity index (χ2n) is 1.62. The number of nitrogens with two attached hydrogens (primary N) is 2. The second kappa shape index (κ2) is 2.14. The van der Waals surface area contributed by atoms with E-state index in [4.69, 9.17) is 16.9 Å². The van der Waals surface area contributed by atoms with Gasteiger partial charge in [0, 0.05) is 0 Å². The summed E-state index contributed by atoms with van der Waals surface area (Å²) in [5, 5.41) is 8.18. The first-order valence-corrected chi connectivity index (χ1v) is 2.47. The predicted octanol–water partition coefficient (Wildman–Crippen LogP) is 0.126. The molecule has 0 saturated carbocycles. The van der Waals surface area contributed by atoms with Crippen molar-refractivity contribution in [2.24, 2.45) is 0 Å². The molecule has 1 aromatic heterocycles. The lowest BCUT2D eigenvalue weighted by atomic mass is 10.5. The van der Waals surface area contributed by atoms with E-state index in [1.165, 1.54) is 6.07 Å². The number of hydrogen-bond acceptors (Lipinski definition) is 5. The fourth-order valence-electron chi connectivity index (χ4n) is 0.517. The van der Waals surface area contributed by atoms with Gasteiger partial charge in [-0.05, 0) is 14.9 Å². The highest BCUT2D eigenvalue weighted by Crippen LogP contribution is 2.09. The molecule has 0 radical (unpaired) electrons. The molecule has 6 heteroatoms. The molecule has 0 aliphatic rings. The van der Waals surface area contributed by atoms with Crippen molar-refractivity contribution in [3.63, 3.8) is 0 Å². The summed E-state index contributed by atoms with van der Waals surface area (Å²) < 4.78 is 0. The van der Waals surface area contributed by atoms with Crippen molar-refractivity contribution in [3.05, 3.63) is 11.0 Å². The van der Waals surface area contributed by atoms with Crippen LogP contribution in [0.25, 0.3) is 4.98 Å². The number of rotatable bonds is 0. The molecular formula is C4H5N6+. The van der Waals surface area contributed by atoms with E-state index in [0.29, 0.717) is 0 Å². The molecule has 0 aliphatic heterocycles. The van der Waals surface area contributed by atoms with Gasteiger partial charge in [-0.25, -0.2) is 0 Å². The van der Waals surface area contributed by atoms with Gasteiger partial charge in [-0.2, -0.15) is 0 Å². The molecule has 0 unspecified atom stereocenters. The van der Waals surface area contributed by atoms with Crippen LogP contribution < -0.4 is 11.5 Å². The lowest BCUT2D eigenvalue weighted by Crippen LogP contribution is -1.95. The molecule has 0 aromatic carbocycles. The summed E-state index contributed by atoms with van der Waals surface area (Å²) in [5.41, 5.74) is 10.5. The summed E-state index contributed by atoms with van der Waals surface area (Å²) in [6.07, 6.45) is 0. The quantitative estimate of drug-likeness (QED) is 0.494. The van der Waals surface area contributed by atoms with E-state index in [1.54, 1.807) is 0 Å². The SMILES string of the molecule is N#[N+]c1nc(N)cc(N)n1. The van der Waals surface area contributed by atoms with Crippen LogP contribution in [0, 0.1) is 5.39 Å². The van der Waals surface area contributed by atoms with Crippen LogP contribution in [0.1, 0.15) is 0 Å². The molecule has 0 aliphatic carbocycles. The van der Waals surface area contributed by atoms with Gasteiger partial charge in [0.15, 0.2) is 0 Å². The molecule has 0 fully saturated rings. The molecule has 0 spiro atoms. The molecule has 10 heavy (non-hydrogen) atoms. The van der Waals surface area contributed by atoms with E-state index in [1.807, 2.05) is 0 Å². The first kappa shape index (κ1) is 6.22. The Hall–Kier alpha value is -1.90. The third-order valence-corrected chi connectivity index (χ3v) is 0.843. The Labute approximate surface area is 56.5 Å². The van der Waals surface area contributed by atoms with Crippen molar-refractivity contribution >= 4 is 17.6 Å². The Kier molecular flexibility index (Phi) is 1.33. The van der Waals surface area contributed by atoms with E-state index in [2.05, 4.69) is 14.9 Å². The van der Waals surface area contributed by atoms with Crippen LogP contribution >= 0.6 is 0 Å². The molecule has 0 saturated heterocycles. The highest BCUT2D eigenvalue weighted by molar-refractivity contribution is 5.46. The number of aromatic nitrogens is 2. The third kappa shape index (κ3) is 1.08. The average Bonchev–Trinajstić information content (AvgIpc) is 1.85. The minimum absolute atomic E-state index is 0.127. The Bertz CT molecular complexity index is 266. The van der Waals surface area contributed by atoms with E-state index >= 15 is 0 Å². The summed E-state index contributed by atoms with van der Waals surface area (Å²) in [5.74, 6) is 0.234. The number of nitrogens with zero attached hydrogens (tertiary/aromatic N) is 4. The van der Waals surface area contributed by atoms with Crippen LogP contribution in [0.2, 0.25) is 0 Å². The molecule has 0 atom stereocenters. The van der Waals surface area contributed by atoms with Gasteiger partial charge in [0.1, 0.15) is 0 Å². The standard InChI is InChI=1S/C4H5N6/c5-2-1-3(6)9-4(8-2)10-7/h1H,(H4,5,6,8,9)/q+1. The number of hydrogen-bond donors (Lipinski definition) is 2. The summed E-state index contributed by atoms with van der Waals surface area (Å²) in [7, 11) is 0. The molecule has 0 bridgehead atoms. The maximum atomic E-state index is 8.18. The van der Waals surface area contributed by atoms with Gasteiger partial charge in [-0.15, -0.1) is 0 Å². The van der Waals surface area contributed by atoms with E-state index < -0.39 is 0 Å². The smallest absolute Gasteiger partial charge is 0.370 e. The van der Waals surface area contributed by atoms with Crippen LogP contribution in [0.5, 0.6) is 0 Å². The minimum Gasteiger partial charge on any atom is -0.370 e. The van der Waals surface area contributed by atoms with Crippen molar-refractivity contribution in [2.75, 3.05) is 11.5 Å². The zero-order valence-electron chi connectivity index (χ0n) is 5.02. The van der Waals surface area contributed by atoms with E-state index in [9.17, 15) is 0 Å².